The summed E-state index contributed by atoms with van der Waals surface area (Å²) in [6, 6.07) is 3.26. The number of nitrogens with zero attached hydrogens (tertiary/aromatic N) is 1. The van der Waals surface area contributed by atoms with Crippen molar-refractivity contribution in [1.82, 2.24) is 0 Å². The van der Waals surface area contributed by atoms with Crippen molar-refractivity contribution in [3.8, 4) is 0 Å². The Morgan fingerprint density at radius 2 is 1.81 bits per heavy atom. The Balaban J connectivity index is 0. The summed E-state index contributed by atoms with van der Waals surface area (Å²) in [6.45, 7) is 1.44. The third-order valence-electron chi connectivity index (χ3n) is 1.66. The molecule has 0 aliphatic heterocycles. The molecule has 0 atom stereocenters. The fraction of sp³-hybridized carbons (Fsp3) is 0.143. The average molecular weight is 265 g/mol. The number of nitro benzene ring substituents is 1. The Bertz CT molecular complexity index is 488. The summed E-state index contributed by atoms with van der Waals surface area (Å²) in [5.41, 5.74) is -0.110. The molecule has 80 valence electrons. The molecule has 0 heterocycles. The van der Waals surface area contributed by atoms with Gasteiger partial charge in [-0.2, -0.15) is 8.42 Å². The second-order valence-electron chi connectivity index (χ2n) is 2.68. The first kappa shape index (κ1) is 18.9. The zero-order valence-electron chi connectivity index (χ0n) is 7.17. The molecule has 0 fully saturated rings. The van der Waals surface area contributed by atoms with Gasteiger partial charge < -0.3 is 0 Å². The summed E-state index contributed by atoms with van der Waals surface area (Å²) < 4.78 is 30.2. The van der Waals surface area contributed by atoms with Crippen molar-refractivity contribution < 1.29 is 17.9 Å². The first-order valence-corrected chi connectivity index (χ1v) is 4.99. The van der Waals surface area contributed by atoms with E-state index in [1.807, 2.05) is 0 Å². The summed E-state index contributed by atoms with van der Waals surface area (Å²) in [6.07, 6.45) is 0. The zero-order valence-corrected chi connectivity index (χ0v) is 7.98. The fourth-order valence-corrected chi connectivity index (χ4v) is 1.72. The summed E-state index contributed by atoms with van der Waals surface area (Å²) in [5, 5.41) is 10.3. The molecule has 0 unspecified atom stereocenters. The normalized spacial score (nSPS) is 9.88. The second kappa shape index (κ2) is 7.07. The van der Waals surface area contributed by atoms with Crippen LogP contribution in [0, 0.1) is 17.0 Å². The van der Waals surface area contributed by atoms with E-state index < -0.39 is 19.9 Å². The molecule has 1 rings (SSSR count). The molecule has 0 radical (unpaired) electrons. The average Bonchev–Trinajstić information content (AvgIpc) is 2.02. The molecule has 0 saturated carbocycles. The summed E-state index contributed by atoms with van der Waals surface area (Å²) in [5.74, 6) is 0. The van der Waals surface area contributed by atoms with Crippen LogP contribution in [-0.4, -0.2) is 77.0 Å². The molecular formula is C7H9NNa2O5S. The molecule has 0 aliphatic carbocycles. The van der Waals surface area contributed by atoms with Crippen LogP contribution in [0.3, 0.4) is 0 Å². The Hall–Kier alpha value is 0.530. The predicted molar refractivity (Wildman–Crippen MR) is 61.9 cm³/mol. The number of nitro groups is 1. The molecule has 0 aliphatic rings. The van der Waals surface area contributed by atoms with Gasteiger partial charge in [0, 0.05) is 12.1 Å². The summed E-state index contributed by atoms with van der Waals surface area (Å²) >= 11 is 0. The Kier molecular flexibility index (Phi) is 8.35. The van der Waals surface area contributed by atoms with E-state index in [0.717, 1.165) is 6.07 Å². The first-order chi connectivity index (χ1) is 6.32. The van der Waals surface area contributed by atoms with Gasteiger partial charge in [0.25, 0.3) is 15.8 Å². The van der Waals surface area contributed by atoms with Crippen LogP contribution >= 0.6 is 0 Å². The van der Waals surface area contributed by atoms with Gasteiger partial charge >= 0.3 is 59.1 Å². The third-order valence-corrected chi connectivity index (χ3v) is 2.66. The number of hydrogen-bond acceptors (Lipinski definition) is 4. The van der Waals surface area contributed by atoms with Gasteiger partial charge in [-0.25, -0.2) is 0 Å². The van der Waals surface area contributed by atoms with Crippen LogP contribution in [0.2, 0.25) is 0 Å². The third kappa shape index (κ3) is 4.80. The van der Waals surface area contributed by atoms with Crippen LogP contribution in [0.4, 0.5) is 5.69 Å². The van der Waals surface area contributed by atoms with Crippen molar-refractivity contribution in [2.24, 2.45) is 0 Å². The fourth-order valence-electron chi connectivity index (χ4n) is 0.980. The molecule has 16 heavy (non-hydrogen) atoms. The molecular weight excluding hydrogens is 256 g/mol. The van der Waals surface area contributed by atoms with E-state index in [0.29, 0.717) is 0 Å². The van der Waals surface area contributed by atoms with Gasteiger partial charge in [0.2, 0.25) is 0 Å². The molecule has 1 aromatic carbocycles. The number of hydrogen-bond donors (Lipinski definition) is 1. The van der Waals surface area contributed by atoms with Crippen molar-refractivity contribution >= 4 is 74.9 Å². The summed E-state index contributed by atoms with van der Waals surface area (Å²) in [4.78, 5) is 9.15. The van der Waals surface area contributed by atoms with E-state index in [4.69, 9.17) is 4.55 Å². The molecule has 0 spiro atoms. The molecule has 0 saturated heterocycles. The molecule has 1 N–H and O–H groups in total. The monoisotopic (exact) mass is 265 g/mol. The standard InChI is InChI=1S/C7H7NO5S.2Na.2H/c1-5-2-3-6(8(9)10)4-7(5)14(11,12)13;;;;/h2-4H,1H3,(H,11,12,13);;;;. The van der Waals surface area contributed by atoms with E-state index >= 15 is 0 Å². The van der Waals surface area contributed by atoms with Gasteiger partial charge in [-0.05, 0) is 12.5 Å². The van der Waals surface area contributed by atoms with Gasteiger partial charge in [-0.3, -0.25) is 14.7 Å². The number of aryl methyl sites for hydroxylation is 1. The van der Waals surface area contributed by atoms with Crippen molar-refractivity contribution in [3.63, 3.8) is 0 Å². The van der Waals surface area contributed by atoms with Crippen LogP contribution in [0.25, 0.3) is 0 Å². The van der Waals surface area contributed by atoms with Crippen molar-refractivity contribution in [2.45, 2.75) is 11.8 Å². The number of benzene rings is 1. The van der Waals surface area contributed by atoms with Gasteiger partial charge in [0.15, 0.2) is 0 Å². The van der Waals surface area contributed by atoms with Crippen LogP contribution in [0.1, 0.15) is 5.56 Å². The molecule has 0 aromatic heterocycles. The Morgan fingerprint density at radius 1 is 1.31 bits per heavy atom. The van der Waals surface area contributed by atoms with E-state index in [9.17, 15) is 18.5 Å². The number of rotatable bonds is 2. The van der Waals surface area contributed by atoms with E-state index in [-0.39, 0.29) is 70.4 Å². The van der Waals surface area contributed by atoms with Crippen molar-refractivity contribution in [2.75, 3.05) is 0 Å². The Morgan fingerprint density at radius 3 is 2.19 bits per heavy atom. The van der Waals surface area contributed by atoms with Crippen molar-refractivity contribution in [1.29, 1.82) is 0 Å². The van der Waals surface area contributed by atoms with Gasteiger partial charge in [-0.1, -0.05) is 6.07 Å². The molecule has 9 heteroatoms. The molecule has 0 amide bonds. The zero-order chi connectivity index (χ0) is 10.9. The van der Waals surface area contributed by atoms with E-state index in [1.165, 1.54) is 19.1 Å². The van der Waals surface area contributed by atoms with Gasteiger partial charge in [0.1, 0.15) is 4.90 Å². The van der Waals surface area contributed by atoms with Crippen molar-refractivity contribution in [3.05, 3.63) is 33.9 Å². The van der Waals surface area contributed by atoms with Crippen LogP contribution in [0.15, 0.2) is 23.1 Å². The minimum atomic E-state index is -4.39. The predicted octanol–water partition coefficient (Wildman–Crippen LogP) is -0.147. The maximum absolute atomic E-state index is 10.8. The minimum absolute atomic E-state index is 0. The van der Waals surface area contributed by atoms with Crippen LogP contribution < -0.4 is 0 Å². The maximum atomic E-state index is 10.8. The summed E-state index contributed by atoms with van der Waals surface area (Å²) in [7, 11) is -4.39. The molecule has 6 nitrogen and oxygen atoms in total. The van der Waals surface area contributed by atoms with Crippen LogP contribution in [0.5, 0.6) is 0 Å². The Labute approximate surface area is 137 Å². The van der Waals surface area contributed by atoms with E-state index in [1.54, 1.807) is 0 Å². The molecule has 1 aromatic rings. The number of non-ortho nitro benzene ring substituents is 1. The van der Waals surface area contributed by atoms with Crippen LogP contribution in [-0.2, 0) is 10.1 Å². The van der Waals surface area contributed by atoms with E-state index in [2.05, 4.69) is 0 Å². The quantitative estimate of drug-likeness (QED) is 0.347. The van der Waals surface area contributed by atoms with Gasteiger partial charge in [0.05, 0.1) is 4.92 Å². The SMILES string of the molecule is Cc1ccc([N+](=O)[O-])cc1S(=O)(=O)O.[NaH].[NaH]. The van der Waals surface area contributed by atoms with Gasteiger partial charge in [-0.15, -0.1) is 0 Å². The second-order valence-corrected chi connectivity index (χ2v) is 4.07. The molecule has 0 bridgehead atoms. The topological polar surface area (TPSA) is 97.5 Å². The first-order valence-electron chi connectivity index (χ1n) is 3.55.